The summed E-state index contributed by atoms with van der Waals surface area (Å²) in [7, 11) is -1.90. The average molecular weight is 237 g/mol. The van der Waals surface area contributed by atoms with Crippen molar-refractivity contribution in [3.8, 4) is 0 Å². The van der Waals surface area contributed by atoms with Crippen molar-refractivity contribution < 1.29 is 17.9 Å². The van der Waals surface area contributed by atoms with Crippen molar-refractivity contribution in [3.05, 3.63) is 0 Å². The molecule has 0 aliphatic heterocycles. The normalized spacial score (nSPS) is 11.7. The van der Waals surface area contributed by atoms with Crippen molar-refractivity contribution in [2.24, 2.45) is 0 Å². The van der Waals surface area contributed by atoms with Crippen molar-refractivity contribution in [3.63, 3.8) is 0 Å². The van der Waals surface area contributed by atoms with Crippen molar-refractivity contribution in [1.29, 1.82) is 0 Å². The number of hydrogen-bond donors (Lipinski definition) is 1. The van der Waals surface area contributed by atoms with E-state index < -0.39 is 15.8 Å². The van der Waals surface area contributed by atoms with E-state index in [0.717, 1.165) is 0 Å². The van der Waals surface area contributed by atoms with Crippen LogP contribution in [0, 0.1) is 0 Å². The Balaban J connectivity index is 3.83. The SMILES string of the molecule is COC(=O)CCS(=O)(=O)CCNC(C)C. The Morgan fingerprint density at radius 1 is 1.33 bits per heavy atom. The van der Waals surface area contributed by atoms with Gasteiger partial charge in [-0.1, -0.05) is 13.8 Å². The first kappa shape index (κ1) is 14.4. The van der Waals surface area contributed by atoms with Crippen molar-refractivity contribution in [1.82, 2.24) is 5.32 Å². The number of hydrogen-bond acceptors (Lipinski definition) is 5. The molecule has 0 bridgehead atoms. The third-order valence-corrected chi connectivity index (χ3v) is 3.46. The summed E-state index contributed by atoms with van der Waals surface area (Å²) in [6.45, 7) is 4.31. The Morgan fingerprint density at radius 3 is 2.40 bits per heavy atom. The van der Waals surface area contributed by atoms with Crippen LogP contribution in [-0.2, 0) is 19.4 Å². The minimum atomic E-state index is -3.15. The number of rotatable bonds is 7. The summed E-state index contributed by atoms with van der Waals surface area (Å²) in [6, 6.07) is 0.265. The van der Waals surface area contributed by atoms with E-state index in [-0.39, 0.29) is 24.0 Å². The highest BCUT2D eigenvalue weighted by Crippen LogP contribution is 1.95. The van der Waals surface area contributed by atoms with Crippen molar-refractivity contribution in [2.75, 3.05) is 25.2 Å². The first-order valence-corrected chi connectivity index (χ1v) is 6.70. The van der Waals surface area contributed by atoms with Crippen molar-refractivity contribution in [2.45, 2.75) is 26.3 Å². The fourth-order valence-corrected chi connectivity index (χ4v) is 2.06. The molecule has 1 N–H and O–H groups in total. The number of carbonyl (C=O) groups excluding carboxylic acids is 1. The molecule has 0 spiro atoms. The predicted molar refractivity (Wildman–Crippen MR) is 58.4 cm³/mol. The van der Waals surface area contributed by atoms with E-state index in [9.17, 15) is 13.2 Å². The van der Waals surface area contributed by atoms with Gasteiger partial charge in [-0.15, -0.1) is 0 Å². The molecular weight excluding hydrogens is 218 g/mol. The van der Waals surface area contributed by atoms with Crippen LogP contribution in [0.4, 0.5) is 0 Å². The standard InChI is InChI=1S/C9H19NO4S/c1-8(2)10-5-7-15(12,13)6-4-9(11)14-3/h8,10H,4-7H2,1-3H3. The lowest BCUT2D eigenvalue weighted by atomic mass is 10.4. The summed E-state index contributed by atoms with van der Waals surface area (Å²) in [5.41, 5.74) is 0. The number of methoxy groups -OCH3 is 1. The van der Waals surface area contributed by atoms with E-state index in [1.165, 1.54) is 7.11 Å². The maximum Gasteiger partial charge on any atom is 0.306 e. The zero-order chi connectivity index (χ0) is 11.9. The van der Waals surface area contributed by atoms with Crippen LogP contribution < -0.4 is 5.32 Å². The number of ether oxygens (including phenoxy) is 1. The molecule has 0 aromatic heterocycles. The fourth-order valence-electron chi connectivity index (χ4n) is 0.946. The van der Waals surface area contributed by atoms with E-state index in [4.69, 9.17) is 0 Å². The molecule has 0 aromatic carbocycles. The smallest absolute Gasteiger partial charge is 0.306 e. The molecule has 0 rings (SSSR count). The summed E-state index contributed by atoms with van der Waals surface area (Å²) < 4.78 is 27.1. The number of nitrogens with one attached hydrogen (secondary N) is 1. The summed E-state index contributed by atoms with van der Waals surface area (Å²) >= 11 is 0. The van der Waals surface area contributed by atoms with Crippen LogP contribution in [0.2, 0.25) is 0 Å². The van der Waals surface area contributed by atoms with Gasteiger partial charge in [-0.3, -0.25) is 4.79 Å². The monoisotopic (exact) mass is 237 g/mol. The molecule has 0 amide bonds. The van der Waals surface area contributed by atoms with Crippen LogP contribution >= 0.6 is 0 Å². The Kier molecular flexibility index (Phi) is 6.51. The summed E-state index contributed by atoms with van der Waals surface area (Å²) in [5.74, 6) is -0.572. The molecule has 0 heterocycles. The third kappa shape index (κ3) is 8.38. The number of esters is 1. The molecular formula is C9H19NO4S. The van der Waals surface area contributed by atoms with Gasteiger partial charge in [0.05, 0.1) is 25.0 Å². The molecule has 0 aliphatic rings. The summed E-state index contributed by atoms with van der Waals surface area (Å²) in [6.07, 6.45) is -0.0689. The van der Waals surface area contributed by atoms with Gasteiger partial charge in [0.1, 0.15) is 0 Å². The molecule has 0 fully saturated rings. The quantitative estimate of drug-likeness (QED) is 0.629. The molecule has 0 aliphatic carbocycles. The average Bonchev–Trinajstić information content (AvgIpc) is 2.13. The lowest BCUT2D eigenvalue weighted by Gasteiger charge is -2.08. The Bertz CT molecular complexity index is 284. The second-order valence-electron chi connectivity index (χ2n) is 3.59. The van der Waals surface area contributed by atoms with Crippen LogP contribution in [0.3, 0.4) is 0 Å². The lowest BCUT2D eigenvalue weighted by molar-refractivity contribution is -0.140. The van der Waals surface area contributed by atoms with Crippen molar-refractivity contribution >= 4 is 15.8 Å². The van der Waals surface area contributed by atoms with E-state index in [2.05, 4.69) is 10.1 Å². The topological polar surface area (TPSA) is 72.5 Å². The molecule has 0 atom stereocenters. The Hall–Kier alpha value is -0.620. The van der Waals surface area contributed by atoms with Gasteiger partial charge in [-0.25, -0.2) is 8.42 Å². The molecule has 90 valence electrons. The van der Waals surface area contributed by atoms with Crippen LogP contribution in [0.25, 0.3) is 0 Å². The zero-order valence-corrected chi connectivity index (χ0v) is 10.3. The van der Waals surface area contributed by atoms with Gasteiger partial charge >= 0.3 is 5.97 Å². The molecule has 0 unspecified atom stereocenters. The number of carbonyl (C=O) groups is 1. The van der Waals surface area contributed by atoms with E-state index in [0.29, 0.717) is 6.54 Å². The van der Waals surface area contributed by atoms with Gasteiger partial charge < -0.3 is 10.1 Å². The van der Waals surface area contributed by atoms with Gasteiger partial charge in [0.2, 0.25) is 0 Å². The van der Waals surface area contributed by atoms with Gasteiger partial charge in [0.25, 0.3) is 0 Å². The summed E-state index contributed by atoms with van der Waals surface area (Å²) in [5, 5.41) is 3.01. The molecule has 6 heteroatoms. The Labute approximate surface area is 91.1 Å². The second kappa shape index (κ2) is 6.79. The highest BCUT2D eigenvalue weighted by Gasteiger charge is 2.13. The highest BCUT2D eigenvalue weighted by atomic mass is 32.2. The van der Waals surface area contributed by atoms with Gasteiger partial charge in [-0.2, -0.15) is 0 Å². The minimum absolute atomic E-state index is 0.0577. The maximum absolute atomic E-state index is 11.4. The first-order valence-electron chi connectivity index (χ1n) is 4.88. The molecule has 15 heavy (non-hydrogen) atoms. The largest absolute Gasteiger partial charge is 0.469 e. The number of sulfone groups is 1. The van der Waals surface area contributed by atoms with E-state index >= 15 is 0 Å². The van der Waals surface area contributed by atoms with Crippen LogP contribution in [0.15, 0.2) is 0 Å². The van der Waals surface area contributed by atoms with Crippen LogP contribution in [0.1, 0.15) is 20.3 Å². The molecule has 0 aromatic rings. The fraction of sp³-hybridized carbons (Fsp3) is 0.889. The van der Waals surface area contributed by atoms with Gasteiger partial charge in [0, 0.05) is 12.6 Å². The lowest BCUT2D eigenvalue weighted by Crippen LogP contribution is -2.29. The van der Waals surface area contributed by atoms with Crippen LogP contribution in [-0.4, -0.2) is 45.6 Å². The van der Waals surface area contributed by atoms with Gasteiger partial charge in [0.15, 0.2) is 9.84 Å². The van der Waals surface area contributed by atoms with E-state index in [1.54, 1.807) is 0 Å². The summed E-state index contributed by atoms with van der Waals surface area (Å²) in [4.78, 5) is 10.7. The third-order valence-electron chi connectivity index (χ3n) is 1.81. The molecule has 0 radical (unpaired) electrons. The van der Waals surface area contributed by atoms with Gasteiger partial charge in [-0.05, 0) is 0 Å². The molecule has 0 saturated heterocycles. The maximum atomic E-state index is 11.4. The molecule has 5 nitrogen and oxygen atoms in total. The Morgan fingerprint density at radius 2 is 1.93 bits per heavy atom. The second-order valence-corrected chi connectivity index (χ2v) is 5.89. The predicted octanol–water partition coefficient (Wildman–Crippen LogP) is -0.0377. The highest BCUT2D eigenvalue weighted by molar-refractivity contribution is 7.91. The molecule has 0 saturated carbocycles. The first-order chi connectivity index (χ1) is 6.87. The van der Waals surface area contributed by atoms with Crippen LogP contribution in [0.5, 0.6) is 0 Å². The zero-order valence-electron chi connectivity index (χ0n) is 9.45. The van der Waals surface area contributed by atoms with E-state index in [1.807, 2.05) is 13.8 Å². The minimum Gasteiger partial charge on any atom is -0.469 e.